The van der Waals surface area contributed by atoms with Crippen LogP contribution in [-0.4, -0.2) is 42.0 Å². The van der Waals surface area contributed by atoms with Crippen molar-refractivity contribution in [3.8, 4) is 5.75 Å². The number of non-ortho nitro benzene ring substituents is 1. The number of nitrogens with one attached hydrogen (secondary N) is 1. The summed E-state index contributed by atoms with van der Waals surface area (Å²) in [4.78, 5) is 26.7. The number of amides is 1. The molecule has 2 fully saturated rings. The Bertz CT molecular complexity index is 976. The summed E-state index contributed by atoms with van der Waals surface area (Å²) in [6, 6.07) is 14.0. The van der Waals surface area contributed by atoms with E-state index in [9.17, 15) is 14.9 Å². The molecule has 7 heteroatoms. The number of carbonyl (C=O) groups excluding carboxylic acids is 1. The Morgan fingerprint density at radius 2 is 1.71 bits per heavy atom. The average Bonchev–Trinajstić information content (AvgIpc) is 2.89. The number of ether oxygens (including phenoxy) is 1. The molecule has 4 rings (SSSR count). The molecule has 0 unspecified atom stereocenters. The highest BCUT2D eigenvalue weighted by Crippen LogP contribution is 2.41. The number of hydrogen-bond acceptors (Lipinski definition) is 5. The number of anilines is 1. The fraction of sp³-hybridized carbons (Fsp3) is 0.536. The van der Waals surface area contributed by atoms with Crippen LogP contribution in [0.25, 0.3) is 0 Å². The first-order valence-electron chi connectivity index (χ1n) is 13.0. The monoisotopic (exact) mass is 479 g/mol. The van der Waals surface area contributed by atoms with Gasteiger partial charge in [0, 0.05) is 24.4 Å². The molecule has 1 amide bonds. The van der Waals surface area contributed by atoms with Crippen LogP contribution in [0.1, 0.15) is 63.9 Å². The van der Waals surface area contributed by atoms with E-state index in [1.54, 1.807) is 12.1 Å². The van der Waals surface area contributed by atoms with Crippen molar-refractivity contribution in [1.82, 2.24) is 4.90 Å². The van der Waals surface area contributed by atoms with Gasteiger partial charge < -0.3 is 15.0 Å². The zero-order valence-electron chi connectivity index (χ0n) is 20.7. The SMILES string of the molecule is CC1CCN(CCCOc2ccc(NC(=O)C3(c4ccc([N+](=O)[O-])cc4)CCCCC3)cc2)CC1. The number of nitro groups is 1. The van der Waals surface area contributed by atoms with Gasteiger partial charge in [0.25, 0.3) is 5.69 Å². The first-order chi connectivity index (χ1) is 17.0. The Balaban J connectivity index is 1.32. The second-order valence-electron chi connectivity index (χ2n) is 10.2. The molecular weight excluding hydrogens is 442 g/mol. The zero-order valence-corrected chi connectivity index (χ0v) is 20.7. The van der Waals surface area contributed by atoms with Crippen molar-refractivity contribution in [2.45, 2.75) is 63.7 Å². The maximum absolute atomic E-state index is 13.5. The topological polar surface area (TPSA) is 84.7 Å². The second kappa shape index (κ2) is 11.7. The van der Waals surface area contributed by atoms with Gasteiger partial charge in [0.2, 0.25) is 5.91 Å². The number of benzene rings is 2. The third-order valence-corrected chi connectivity index (χ3v) is 7.65. The van der Waals surface area contributed by atoms with Gasteiger partial charge in [-0.1, -0.05) is 38.3 Å². The fourth-order valence-corrected chi connectivity index (χ4v) is 5.35. The molecule has 0 radical (unpaired) electrons. The highest BCUT2D eigenvalue weighted by molar-refractivity contribution is 5.99. The van der Waals surface area contributed by atoms with E-state index in [0.717, 1.165) is 68.0 Å². The Morgan fingerprint density at radius 1 is 1.06 bits per heavy atom. The first-order valence-corrected chi connectivity index (χ1v) is 13.0. The Labute approximate surface area is 208 Å². The Kier molecular flexibility index (Phi) is 8.39. The van der Waals surface area contributed by atoms with Crippen LogP contribution < -0.4 is 10.1 Å². The molecule has 0 spiro atoms. The maximum atomic E-state index is 13.5. The van der Waals surface area contributed by atoms with Gasteiger partial charge in [-0.15, -0.1) is 0 Å². The van der Waals surface area contributed by atoms with Crippen molar-refractivity contribution in [1.29, 1.82) is 0 Å². The minimum atomic E-state index is -0.658. The van der Waals surface area contributed by atoms with Gasteiger partial charge in [0.15, 0.2) is 0 Å². The van der Waals surface area contributed by atoms with Gasteiger partial charge in [-0.25, -0.2) is 0 Å². The largest absolute Gasteiger partial charge is 0.494 e. The Morgan fingerprint density at radius 3 is 2.34 bits per heavy atom. The lowest BCUT2D eigenvalue weighted by molar-refractivity contribution is -0.384. The van der Waals surface area contributed by atoms with Gasteiger partial charge in [-0.05, 0) is 80.9 Å². The predicted molar refractivity (Wildman–Crippen MR) is 138 cm³/mol. The number of piperidine rings is 1. The summed E-state index contributed by atoms with van der Waals surface area (Å²) in [5.41, 5.74) is 0.968. The minimum absolute atomic E-state index is 0.0428. The van der Waals surface area contributed by atoms with Crippen LogP contribution >= 0.6 is 0 Å². The quantitative estimate of drug-likeness (QED) is 0.273. The molecule has 0 bridgehead atoms. The summed E-state index contributed by atoms with van der Waals surface area (Å²) in [6.45, 7) is 6.47. The lowest BCUT2D eigenvalue weighted by Crippen LogP contribution is -2.42. The zero-order chi connectivity index (χ0) is 24.7. The molecule has 1 aliphatic heterocycles. The van der Waals surface area contributed by atoms with E-state index < -0.39 is 10.3 Å². The normalized spacial score (nSPS) is 18.7. The molecule has 0 aromatic heterocycles. The van der Waals surface area contributed by atoms with E-state index in [1.807, 2.05) is 24.3 Å². The molecule has 2 aromatic rings. The van der Waals surface area contributed by atoms with Gasteiger partial charge in [-0.3, -0.25) is 14.9 Å². The number of nitrogens with zero attached hydrogens (tertiary/aromatic N) is 2. The summed E-state index contributed by atoms with van der Waals surface area (Å²) in [7, 11) is 0. The third kappa shape index (κ3) is 6.40. The van der Waals surface area contributed by atoms with E-state index in [4.69, 9.17) is 4.74 Å². The maximum Gasteiger partial charge on any atom is 0.269 e. The summed E-state index contributed by atoms with van der Waals surface area (Å²) >= 11 is 0. The Hall–Kier alpha value is -2.93. The van der Waals surface area contributed by atoms with Crippen LogP contribution in [0.3, 0.4) is 0 Å². The molecule has 1 heterocycles. The van der Waals surface area contributed by atoms with Crippen LogP contribution in [0.4, 0.5) is 11.4 Å². The average molecular weight is 480 g/mol. The first kappa shape index (κ1) is 25.2. The molecule has 2 aromatic carbocycles. The number of nitro benzene ring substituents is 1. The van der Waals surface area contributed by atoms with Crippen molar-refractivity contribution in [2.24, 2.45) is 5.92 Å². The third-order valence-electron chi connectivity index (χ3n) is 7.65. The highest BCUT2D eigenvalue weighted by atomic mass is 16.6. The molecule has 7 nitrogen and oxygen atoms in total. The van der Waals surface area contributed by atoms with E-state index in [-0.39, 0.29) is 11.6 Å². The van der Waals surface area contributed by atoms with Crippen LogP contribution in [0.2, 0.25) is 0 Å². The molecule has 1 N–H and O–H groups in total. The van der Waals surface area contributed by atoms with Gasteiger partial charge in [0.1, 0.15) is 5.75 Å². The molecule has 0 atom stereocenters. The molecule has 2 aliphatic rings. The molecule has 1 aliphatic carbocycles. The van der Waals surface area contributed by atoms with Crippen molar-refractivity contribution < 1.29 is 14.5 Å². The minimum Gasteiger partial charge on any atom is -0.494 e. The number of carbonyl (C=O) groups is 1. The van der Waals surface area contributed by atoms with Gasteiger partial charge in [0.05, 0.1) is 16.9 Å². The number of rotatable bonds is 9. The standard InChI is InChI=1S/C28H37N3O4/c1-22-14-19-30(20-15-22)18-5-21-35-26-12-8-24(9-13-26)29-27(32)28(16-3-2-4-17-28)23-6-10-25(11-7-23)31(33)34/h6-13,22H,2-5,14-21H2,1H3,(H,29,32). The molecule has 1 saturated carbocycles. The summed E-state index contributed by atoms with van der Waals surface area (Å²) < 4.78 is 5.92. The van der Waals surface area contributed by atoms with Crippen LogP contribution in [-0.2, 0) is 10.2 Å². The lowest BCUT2D eigenvalue weighted by atomic mass is 9.68. The smallest absolute Gasteiger partial charge is 0.269 e. The van der Waals surface area contributed by atoms with Crippen LogP contribution in [0, 0.1) is 16.0 Å². The van der Waals surface area contributed by atoms with Crippen molar-refractivity contribution in [3.63, 3.8) is 0 Å². The molecular formula is C28H37N3O4. The summed E-state index contributed by atoms with van der Waals surface area (Å²) in [6.07, 6.45) is 8.11. The number of likely N-dealkylation sites (tertiary alicyclic amines) is 1. The lowest BCUT2D eigenvalue weighted by Gasteiger charge is -2.36. The summed E-state index contributed by atoms with van der Waals surface area (Å²) in [5.74, 6) is 1.61. The van der Waals surface area contributed by atoms with E-state index in [2.05, 4.69) is 17.1 Å². The molecule has 1 saturated heterocycles. The number of hydrogen-bond donors (Lipinski definition) is 1. The molecule has 188 valence electrons. The van der Waals surface area contributed by atoms with Gasteiger partial charge in [-0.2, -0.15) is 0 Å². The summed E-state index contributed by atoms with van der Waals surface area (Å²) in [5, 5.41) is 14.1. The van der Waals surface area contributed by atoms with Crippen LogP contribution in [0.5, 0.6) is 5.75 Å². The van der Waals surface area contributed by atoms with Crippen LogP contribution in [0.15, 0.2) is 48.5 Å². The van der Waals surface area contributed by atoms with E-state index in [0.29, 0.717) is 6.61 Å². The van der Waals surface area contributed by atoms with E-state index >= 15 is 0 Å². The fourth-order valence-electron chi connectivity index (χ4n) is 5.35. The predicted octanol–water partition coefficient (Wildman–Crippen LogP) is 5.94. The second-order valence-corrected chi connectivity index (χ2v) is 10.2. The van der Waals surface area contributed by atoms with Crippen molar-refractivity contribution >= 4 is 17.3 Å². The molecule has 35 heavy (non-hydrogen) atoms. The van der Waals surface area contributed by atoms with E-state index in [1.165, 1.54) is 38.1 Å². The van der Waals surface area contributed by atoms with Crippen molar-refractivity contribution in [3.05, 3.63) is 64.2 Å². The highest BCUT2D eigenvalue weighted by Gasteiger charge is 2.41. The van der Waals surface area contributed by atoms with Gasteiger partial charge >= 0.3 is 0 Å². The van der Waals surface area contributed by atoms with Crippen molar-refractivity contribution in [2.75, 3.05) is 31.6 Å².